The summed E-state index contributed by atoms with van der Waals surface area (Å²) in [6.45, 7) is 0. The molecule has 4 N–H and O–H groups in total. The van der Waals surface area contributed by atoms with E-state index in [-0.39, 0.29) is 16.8 Å². The molecule has 0 aromatic heterocycles. The van der Waals surface area contributed by atoms with Gasteiger partial charge in [-0.1, -0.05) is 18.2 Å². The van der Waals surface area contributed by atoms with Gasteiger partial charge in [-0.3, -0.25) is 20.0 Å². The number of phenols is 2. The number of nitro groups is 1. The maximum atomic E-state index is 11.7. The highest BCUT2D eigenvalue weighted by Crippen LogP contribution is 2.42. The van der Waals surface area contributed by atoms with Crippen LogP contribution in [0.1, 0.15) is 0 Å². The van der Waals surface area contributed by atoms with Crippen LogP contribution in [0.2, 0.25) is 0 Å². The Bertz CT molecular complexity index is 1390. The van der Waals surface area contributed by atoms with E-state index in [9.17, 15) is 38.1 Å². The van der Waals surface area contributed by atoms with Gasteiger partial charge in [0.25, 0.3) is 15.8 Å². The predicted molar refractivity (Wildman–Crippen MR) is 110 cm³/mol. The minimum absolute atomic E-state index is 0.182. The molecule has 0 radical (unpaired) electrons. The third-order valence-electron chi connectivity index (χ3n) is 4.21. The van der Waals surface area contributed by atoms with E-state index in [0.717, 1.165) is 13.2 Å². The highest BCUT2D eigenvalue weighted by Gasteiger charge is 2.24. The highest BCUT2D eigenvalue weighted by molar-refractivity contribution is 7.86. The van der Waals surface area contributed by atoms with Crippen LogP contribution in [0.5, 0.6) is 11.5 Å². The first-order chi connectivity index (χ1) is 15.0. The molecule has 0 unspecified atom stereocenters. The third kappa shape index (κ3) is 4.40. The lowest BCUT2D eigenvalue weighted by Crippen LogP contribution is -2.11. The number of nitro benzene ring substituents is 1. The average molecular weight is 462 g/mol. The van der Waals surface area contributed by atoms with Crippen LogP contribution in [0.15, 0.2) is 57.6 Å². The molecule has 1 amide bonds. The Hall–Kier alpha value is -4.30. The van der Waals surface area contributed by atoms with Crippen molar-refractivity contribution in [3.05, 3.63) is 52.6 Å². The zero-order valence-corrected chi connectivity index (χ0v) is 16.9. The number of nitrogens with one attached hydrogen (secondary N) is 1. The van der Waals surface area contributed by atoms with Crippen LogP contribution in [0.4, 0.5) is 27.5 Å². The van der Waals surface area contributed by atoms with Gasteiger partial charge in [0.05, 0.1) is 17.7 Å². The number of phenolic OH excluding ortho intramolecular Hbond substituents is 2. The van der Waals surface area contributed by atoms with Crippen molar-refractivity contribution in [2.45, 2.75) is 4.90 Å². The summed E-state index contributed by atoms with van der Waals surface area (Å²) in [5, 5.41) is 42.1. The smallest absolute Gasteiger partial charge is 0.411 e. The topological polar surface area (TPSA) is 201 Å². The Balaban J connectivity index is 2.23. The first kappa shape index (κ1) is 22.4. The van der Waals surface area contributed by atoms with Gasteiger partial charge >= 0.3 is 6.09 Å². The Morgan fingerprint density at radius 1 is 1.16 bits per heavy atom. The number of azo groups is 1. The van der Waals surface area contributed by atoms with Crippen LogP contribution in [-0.4, -0.2) is 41.3 Å². The number of non-ortho nitro benzene ring substituents is 1. The number of fused-ring (bicyclic) bond motifs is 1. The number of hydrogen-bond donors (Lipinski definition) is 4. The maximum absolute atomic E-state index is 11.7. The fourth-order valence-electron chi connectivity index (χ4n) is 2.78. The fraction of sp³-hybridized carbons (Fsp3) is 0.0556. The van der Waals surface area contributed by atoms with Gasteiger partial charge in [0, 0.05) is 17.5 Å². The largest absolute Gasteiger partial charge is 0.506 e. The van der Waals surface area contributed by atoms with Gasteiger partial charge in [-0.25, -0.2) is 4.79 Å². The SMILES string of the molecule is COC(=O)Nc1cccc2ccc(O)c(N=Nc3cc([N+](=O)[O-])cc(S(=O)(=O)O)c3O)c12. The van der Waals surface area contributed by atoms with Gasteiger partial charge in [-0.15, -0.1) is 10.2 Å². The number of anilines is 1. The van der Waals surface area contributed by atoms with Crippen LogP contribution in [0, 0.1) is 10.1 Å². The van der Waals surface area contributed by atoms with E-state index in [4.69, 9.17) is 0 Å². The van der Waals surface area contributed by atoms with Crippen LogP contribution >= 0.6 is 0 Å². The second-order valence-electron chi connectivity index (χ2n) is 6.20. The van der Waals surface area contributed by atoms with E-state index < -0.39 is 48.9 Å². The van der Waals surface area contributed by atoms with E-state index in [1.54, 1.807) is 12.1 Å². The van der Waals surface area contributed by atoms with E-state index in [0.29, 0.717) is 11.5 Å². The molecule has 3 rings (SSSR count). The predicted octanol–water partition coefficient (Wildman–Crippen LogP) is 4.00. The summed E-state index contributed by atoms with van der Waals surface area (Å²) < 4.78 is 36.7. The lowest BCUT2D eigenvalue weighted by molar-refractivity contribution is -0.385. The van der Waals surface area contributed by atoms with Crippen LogP contribution in [0.3, 0.4) is 0 Å². The van der Waals surface area contributed by atoms with Gasteiger partial charge in [0.2, 0.25) is 0 Å². The number of hydrogen-bond acceptors (Lipinski definition) is 10. The molecular weight excluding hydrogens is 448 g/mol. The number of carbonyl (C=O) groups excluding carboxylic acids is 1. The standard InChI is InChI=1S/C18H14N4O9S/c1-31-18(25)19-11-4-2-3-9-5-6-13(23)16(15(9)11)21-20-12-7-10(22(26)27)8-14(17(12)24)32(28,29)30/h2-8,23-24H,1H3,(H,19,25)(H,28,29,30). The first-order valence-corrected chi connectivity index (χ1v) is 9.97. The van der Waals surface area contributed by atoms with E-state index in [1.807, 2.05) is 0 Å². The van der Waals surface area contributed by atoms with Crippen molar-refractivity contribution in [3.63, 3.8) is 0 Å². The molecule has 0 aliphatic carbocycles. The van der Waals surface area contributed by atoms with E-state index in [2.05, 4.69) is 20.3 Å². The zero-order chi connectivity index (χ0) is 23.6. The Morgan fingerprint density at radius 3 is 2.50 bits per heavy atom. The van der Waals surface area contributed by atoms with Crippen molar-refractivity contribution >= 4 is 49.7 Å². The van der Waals surface area contributed by atoms with Crippen molar-refractivity contribution in [3.8, 4) is 11.5 Å². The Kier molecular flexibility index (Phi) is 5.91. The van der Waals surface area contributed by atoms with Gasteiger partial charge in [-0.2, -0.15) is 8.42 Å². The number of ether oxygens (including phenoxy) is 1. The summed E-state index contributed by atoms with van der Waals surface area (Å²) in [5.74, 6) is -1.49. The number of nitrogens with zero attached hydrogens (tertiary/aromatic N) is 3. The number of methoxy groups -OCH3 is 1. The molecule has 0 spiro atoms. The summed E-state index contributed by atoms with van der Waals surface area (Å²) in [6, 6.07) is 8.70. The fourth-order valence-corrected chi connectivity index (χ4v) is 3.40. The number of carbonyl (C=O) groups is 1. The van der Waals surface area contributed by atoms with Gasteiger partial charge in [0.15, 0.2) is 5.75 Å². The lowest BCUT2D eigenvalue weighted by Gasteiger charge is -2.11. The normalized spacial score (nSPS) is 11.6. The number of amides is 1. The number of aromatic hydroxyl groups is 2. The first-order valence-electron chi connectivity index (χ1n) is 8.53. The minimum Gasteiger partial charge on any atom is -0.506 e. The van der Waals surface area contributed by atoms with Crippen molar-refractivity contribution in [1.29, 1.82) is 0 Å². The van der Waals surface area contributed by atoms with Gasteiger partial charge < -0.3 is 14.9 Å². The van der Waals surface area contributed by atoms with Crippen LogP contribution in [-0.2, 0) is 14.9 Å². The van der Waals surface area contributed by atoms with Crippen molar-refractivity contribution in [2.75, 3.05) is 12.4 Å². The van der Waals surface area contributed by atoms with Gasteiger partial charge in [0.1, 0.15) is 22.0 Å². The van der Waals surface area contributed by atoms with E-state index >= 15 is 0 Å². The zero-order valence-electron chi connectivity index (χ0n) is 16.1. The summed E-state index contributed by atoms with van der Waals surface area (Å²) in [6.07, 6.45) is -0.808. The number of rotatable bonds is 5. The molecule has 0 heterocycles. The van der Waals surface area contributed by atoms with E-state index in [1.165, 1.54) is 18.2 Å². The average Bonchev–Trinajstić information content (AvgIpc) is 2.73. The summed E-state index contributed by atoms with van der Waals surface area (Å²) in [4.78, 5) is 20.7. The molecule has 0 saturated heterocycles. The van der Waals surface area contributed by atoms with Crippen LogP contribution in [0.25, 0.3) is 10.8 Å². The molecule has 166 valence electrons. The third-order valence-corrected chi connectivity index (χ3v) is 5.07. The van der Waals surface area contributed by atoms with Crippen molar-refractivity contribution in [2.24, 2.45) is 10.2 Å². The molecule has 3 aromatic rings. The summed E-state index contributed by atoms with van der Waals surface area (Å²) >= 11 is 0. The second-order valence-corrected chi connectivity index (χ2v) is 7.59. The molecule has 32 heavy (non-hydrogen) atoms. The lowest BCUT2D eigenvalue weighted by atomic mass is 10.1. The molecule has 0 atom stereocenters. The van der Waals surface area contributed by atoms with Gasteiger partial charge in [-0.05, 0) is 17.5 Å². The molecule has 3 aromatic carbocycles. The molecule has 0 fully saturated rings. The summed E-state index contributed by atoms with van der Waals surface area (Å²) in [7, 11) is -3.88. The monoisotopic (exact) mass is 462 g/mol. The molecule has 14 heteroatoms. The molecule has 0 bridgehead atoms. The Morgan fingerprint density at radius 2 is 1.88 bits per heavy atom. The summed E-state index contributed by atoms with van der Waals surface area (Å²) in [5.41, 5.74) is -1.48. The molecule has 0 aliphatic rings. The molecule has 13 nitrogen and oxygen atoms in total. The highest BCUT2D eigenvalue weighted by atomic mass is 32.2. The molecular formula is C18H14N4O9S. The van der Waals surface area contributed by atoms with Crippen molar-refractivity contribution in [1.82, 2.24) is 0 Å². The Labute approximate surface area is 179 Å². The second kappa shape index (κ2) is 8.44. The quantitative estimate of drug-likeness (QED) is 0.187. The number of benzene rings is 3. The van der Waals surface area contributed by atoms with Crippen molar-refractivity contribution < 1.29 is 37.6 Å². The maximum Gasteiger partial charge on any atom is 0.411 e. The molecule has 0 saturated carbocycles. The molecule has 0 aliphatic heterocycles. The minimum atomic E-state index is -5.03. The van der Waals surface area contributed by atoms with Crippen LogP contribution < -0.4 is 5.32 Å².